The summed E-state index contributed by atoms with van der Waals surface area (Å²) in [5, 5.41) is 4.36. The van der Waals surface area contributed by atoms with Crippen molar-refractivity contribution in [2.75, 3.05) is 11.1 Å². The summed E-state index contributed by atoms with van der Waals surface area (Å²) in [6.45, 7) is 2.78. The van der Waals surface area contributed by atoms with Gasteiger partial charge in [-0.2, -0.15) is 0 Å². The maximum Gasteiger partial charge on any atom is 0.0954 e. The maximum atomic E-state index is 6.03. The van der Waals surface area contributed by atoms with Gasteiger partial charge in [-0.1, -0.05) is 0 Å². The van der Waals surface area contributed by atoms with Gasteiger partial charge < -0.3 is 11.1 Å². The number of hydrogen-bond donors (Lipinski definition) is 2. The molecule has 106 valence electrons. The molecule has 0 radical (unpaired) electrons. The van der Waals surface area contributed by atoms with Crippen LogP contribution in [0.25, 0.3) is 10.9 Å². The first-order valence-electron chi connectivity index (χ1n) is 6.62. The number of nitrogens with one attached hydrogen (secondary N) is 1. The lowest BCUT2D eigenvalue weighted by molar-refractivity contribution is 1.08. The number of hydrogen-bond acceptors (Lipinski definition) is 4. The third kappa shape index (κ3) is 2.83. The van der Waals surface area contributed by atoms with E-state index in [-0.39, 0.29) is 0 Å². The first-order valence-corrected chi connectivity index (χ1v) is 7.41. The Bertz CT molecular complexity index is 801. The number of fused-ring (bicyclic) bond motifs is 1. The van der Waals surface area contributed by atoms with E-state index in [2.05, 4.69) is 38.1 Å². The van der Waals surface area contributed by atoms with Gasteiger partial charge in [-0.25, -0.2) is 0 Å². The number of nitrogen functional groups attached to an aromatic ring is 1. The normalized spacial score (nSPS) is 10.8. The van der Waals surface area contributed by atoms with Crippen molar-refractivity contribution in [3.63, 3.8) is 0 Å². The lowest BCUT2D eigenvalue weighted by Gasteiger charge is -2.12. The Labute approximate surface area is 131 Å². The Hall–Kier alpha value is -2.14. The highest BCUT2D eigenvalue weighted by Crippen LogP contribution is 2.29. The van der Waals surface area contributed by atoms with Crippen LogP contribution < -0.4 is 11.1 Å². The van der Waals surface area contributed by atoms with Crippen molar-refractivity contribution in [1.29, 1.82) is 0 Å². The fourth-order valence-electron chi connectivity index (χ4n) is 2.23. The predicted molar refractivity (Wildman–Crippen MR) is 90.2 cm³/mol. The molecule has 0 atom stereocenters. The van der Waals surface area contributed by atoms with Crippen LogP contribution in [0.3, 0.4) is 0 Å². The number of nitrogens with zero attached hydrogens (tertiary/aromatic N) is 2. The van der Waals surface area contributed by atoms with Crippen LogP contribution in [-0.2, 0) is 6.54 Å². The van der Waals surface area contributed by atoms with Crippen LogP contribution in [-0.4, -0.2) is 9.97 Å². The minimum Gasteiger partial charge on any atom is -0.398 e. The molecule has 0 aliphatic rings. The highest BCUT2D eigenvalue weighted by Gasteiger charge is 2.07. The standard InChI is InChI=1S/C16H15BrN4/c1-10-4-5-19-7-11(10)8-20-15-3-2-14(18)13-6-12(17)9-21-16(13)15/h2-7,9,20H,8,18H2,1H3. The molecule has 0 aliphatic heterocycles. The van der Waals surface area contributed by atoms with E-state index in [1.165, 1.54) is 11.1 Å². The fourth-order valence-corrected chi connectivity index (χ4v) is 2.56. The second-order valence-corrected chi connectivity index (χ2v) is 5.82. The molecule has 5 heteroatoms. The lowest BCUT2D eigenvalue weighted by Crippen LogP contribution is -2.03. The Morgan fingerprint density at radius 1 is 1.24 bits per heavy atom. The molecule has 0 unspecified atom stereocenters. The SMILES string of the molecule is Cc1ccncc1CNc1ccc(N)c2cc(Br)cnc12. The number of anilines is 2. The molecule has 0 spiro atoms. The second-order valence-electron chi connectivity index (χ2n) is 4.91. The topological polar surface area (TPSA) is 63.8 Å². The predicted octanol–water partition coefficient (Wildman–Crippen LogP) is 3.90. The van der Waals surface area contributed by atoms with Crippen molar-refractivity contribution in [3.05, 3.63) is 58.5 Å². The first kappa shape index (κ1) is 13.8. The number of pyridine rings is 2. The number of benzene rings is 1. The van der Waals surface area contributed by atoms with Crippen molar-refractivity contribution in [1.82, 2.24) is 9.97 Å². The summed E-state index contributed by atoms with van der Waals surface area (Å²) in [6, 6.07) is 7.85. The number of halogens is 1. The molecule has 3 rings (SSSR count). The zero-order valence-corrected chi connectivity index (χ0v) is 13.2. The van der Waals surface area contributed by atoms with Gasteiger partial charge in [-0.05, 0) is 58.2 Å². The summed E-state index contributed by atoms with van der Waals surface area (Å²) in [5.74, 6) is 0. The van der Waals surface area contributed by atoms with Crippen LogP contribution in [0.5, 0.6) is 0 Å². The van der Waals surface area contributed by atoms with Crippen molar-refractivity contribution in [2.24, 2.45) is 0 Å². The molecule has 3 aromatic rings. The van der Waals surface area contributed by atoms with E-state index in [0.29, 0.717) is 6.54 Å². The van der Waals surface area contributed by atoms with E-state index in [0.717, 1.165) is 26.8 Å². The molecular formula is C16H15BrN4. The highest BCUT2D eigenvalue weighted by molar-refractivity contribution is 9.10. The molecule has 0 aliphatic carbocycles. The van der Waals surface area contributed by atoms with Crippen LogP contribution in [0.15, 0.2) is 47.3 Å². The molecule has 1 aromatic carbocycles. The van der Waals surface area contributed by atoms with Gasteiger partial charge in [0, 0.05) is 40.7 Å². The minimum absolute atomic E-state index is 0.705. The van der Waals surface area contributed by atoms with Crippen LogP contribution >= 0.6 is 15.9 Å². The summed E-state index contributed by atoms with van der Waals surface area (Å²) < 4.78 is 0.918. The van der Waals surface area contributed by atoms with Gasteiger partial charge in [-0.3, -0.25) is 9.97 Å². The zero-order valence-electron chi connectivity index (χ0n) is 11.6. The summed E-state index contributed by atoms with van der Waals surface area (Å²) >= 11 is 3.43. The van der Waals surface area contributed by atoms with E-state index in [1.54, 1.807) is 12.4 Å². The monoisotopic (exact) mass is 342 g/mol. The summed E-state index contributed by atoms with van der Waals surface area (Å²) in [5.41, 5.74) is 11.0. The molecule has 0 fully saturated rings. The van der Waals surface area contributed by atoms with Crippen molar-refractivity contribution in [3.8, 4) is 0 Å². The molecule has 2 aromatic heterocycles. The van der Waals surface area contributed by atoms with E-state index in [1.807, 2.05) is 30.5 Å². The maximum absolute atomic E-state index is 6.03. The fraction of sp³-hybridized carbons (Fsp3) is 0.125. The van der Waals surface area contributed by atoms with E-state index in [9.17, 15) is 0 Å². The lowest BCUT2D eigenvalue weighted by atomic mass is 10.1. The quantitative estimate of drug-likeness (QED) is 0.708. The van der Waals surface area contributed by atoms with Crippen molar-refractivity contribution < 1.29 is 0 Å². The Kier molecular flexibility index (Phi) is 3.75. The van der Waals surface area contributed by atoms with Gasteiger partial charge >= 0.3 is 0 Å². The van der Waals surface area contributed by atoms with Gasteiger partial charge in [0.25, 0.3) is 0 Å². The van der Waals surface area contributed by atoms with Gasteiger partial charge in [0.15, 0.2) is 0 Å². The molecule has 0 saturated carbocycles. The van der Waals surface area contributed by atoms with Crippen LogP contribution in [0.1, 0.15) is 11.1 Å². The third-order valence-electron chi connectivity index (χ3n) is 3.47. The van der Waals surface area contributed by atoms with Crippen molar-refractivity contribution >= 4 is 38.2 Å². The Balaban J connectivity index is 1.95. The van der Waals surface area contributed by atoms with Gasteiger partial charge in [0.05, 0.1) is 11.2 Å². The summed E-state index contributed by atoms with van der Waals surface area (Å²) in [4.78, 5) is 8.64. The number of nitrogens with two attached hydrogens (primary N) is 1. The van der Waals surface area contributed by atoms with Crippen LogP contribution in [0, 0.1) is 6.92 Å². The van der Waals surface area contributed by atoms with Crippen LogP contribution in [0.2, 0.25) is 0 Å². The molecule has 2 heterocycles. The first-order chi connectivity index (χ1) is 10.1. The van der Waals surface area contributed by atoms with Gasteiger partial charge in [0.2, 0.25) is 0 Å². The smallest absolute Gasteiger partial charge is 0.0954 e. The molecular weight excluding hydrogens is 328 g/mol. The van der Waals surface area contributed by atoms with Crippen LogP contribution in [0.4, 0.5) is 11.4 Å². The third-order valence-corrected chi connectivity index (χ3v) is 3.90. The van der Waals surface area contributed by atoms with Gasteiger partial charge in [-0.15, -0.1) is 0 Å². The van der Waals surface area contributed by atoms with E-state index in [4.69, 9.17) is 5.73 Å². The Morgan fingerprint density at radius 2 is 2.10 bits per heavy atom. The van der Waals surface area contributed by atoms with Gasteiger partial charge in [0.1, 0.15) is 0 Å². The molecule has 21 heavy (non-hydrogen) atoms. The number of aromatic nitrogens is 2. The van der Waals surface area contributed by atoms with E-state index < -0.39 is 0 Å². The summed E-state index contributed by atoms with van der Waals surface area (Å²) in [6.07, 6.45) is 5.46. The van der Waals surface area contributed by atoms with Crippen molar-refractivity contribution in [2.45, 2.75) is 13.5 Å². The molecule has 4 nitrogen and oxygen atoms in total. The second kappa shape index (κ2) is 5.69. The zero-order chi connectivity index (χ0) is 14.8. The molecule has 0 saturated heterocycles. The average molecular weight is 343 g/mol. The highest BCUT2D eigenvalue weighted by atomic mass is 79.9. The minimum atomic E-state index is 0.705. The summed E-state index contributed by atoms with van der Waals surface area (Å²) in [7, 11) is 0. The number of rotatable bonds is 3. The van der Waals surface area contributed by atoms with E-state index >= 15 is 0 Å². The Morgan fingerprint density at radius 3 is 2.90 bits per heavy atom. The average Bonchev–Trinajstić information content (AvgIpc) is 2.48. The molecule has 0 bridgehead atoms. The molecule has 0 amide bonds. The largest absolute Gasteiger partial charge is 0.398 e. The number of aryl methyl sites for hydroxylation is 1. The molecule has 3 N–H and O–H groups in total.